The van der Waals surface area contributed by atoms with E-state index in [2.05, 4.69) is 4.98 Å². The van der Waals surface area contributed by atoms with Crippen LogP contribution in [0.25, 0.3) is 10.9 Å². The molecule has 3 heteroatoms. The lowest BCUT2D eigenvalue weighted by Gasteiger charge is -2.05. The molecule has 0 aliphatic rings. The van der Waals surface area contributed by atoms with Crippen LogP contribution in [-0.4, -0.2) is 17.2 Å². The number of aromatic nitrogens is 1. The third-order valence-corrected chi connectivity index (χ3v) is 2.16. The molecule has 0 spiro atoms. The molecule has 1 N–H and O–H groups in total. The SMILES string of the molecule is COc1cc(CO)c2ccccc2n1. The van der Waals surface area contributed by atoms with Crippen LogP contribution in [0.2, 0.25) is 0 Å². The van der Waals surface area contributed by atoms with Gasteiger partial charge in [-0.25, -0.2) is 4.98 Å². The number of benzene rings is 1. The first-order valence-corrected chi connectivity index (χ1v) is 4.38. The normalized spacial score (nSPS) is 10.4. The van der Waals surface area contributed by atoms with Crippen LogP contribution in [0, 0.1) is 0 Å². The number of aliphatic hydroxyl groups is 1. The Morgan fingerprint density at radius 3 is 2.86 bits per heavy atom. The molecule has 0 saturated carbocycles. The zero-order chi connectivity index (χ0) is 9.97. The number of methoxy groups -OCH3 is 1. The lowest BCUT2D eigenvalue weighted by Crippen LogP contribution is -1.93. The van der Waals surface area contributed by atoms with E-state index in [0.717, 1.165) is 16.5 Å². The molecule has 1 aromatic heterocycles. The van der Waals surface area contributed by atoms with Crippen LogP contribution in [0.4, 0.5) is 0 Å². The van der Waals surface area contributed by atoms with Gasteiger partial charge in [0.05, 0.1) is 19.2 Å². The van der Waals surface area contributed by atoms with Crippen molar-refractivity contribution >= 4 is 10.9 Å². The molecule has 0 bridgehead atoms. The molecule has 0 aliphatic heterocycles. The largest absolute Gasteiger partial charge is 0.481 e. The number of ether oxygens (including phenoxy) is 1. The van der Waals surface area contributed by atoms with E-state index in [9.17, 15) is 5.11 Å². The van der Waals surface area contributed by atoms with Crippen molar-refractivity contribution in [2.75, 3.05) is 7.11 Å². The molecule has 0 atom stereocenters. The highest BCUT2D eigenvalue weighted by molar-refractivity contribution is 5.82. The Hall–Kier alpha value is -1.61. The highest BCUT2D eigenvalue weighted by Crippen LogP contribution is 2.21. The van der Waals surface area contributed by atoms with Crippen molar-refractivity contribution in [1.82, 2.24) is 4.98 Å². The summed E-state index contributed by atoms with van der Waals surface area (Å²) in [6.07, 6.45) is 0. The molecule has 72 valence electrons. The lowest BCUT2D eigenvalue weighted by atomic mass is 10.1. The molecular weight excluding hydrogens is 178 g/mol. The van der Waals surface area contributed by atoms with E-state index in [1.165, 1.54) is 0 Å². The first-order valence-electron chi connectivity index (χ1n) is 4.38. The second-order valence-electron chi connectivity index (χ2n) is 3.00. The summed E-state index contributed by atoms with van der Waals surface area (Å²) < 4.78 is 5.04. The molecule has 3 nitrogen and oxygen atoms in total. The Morgan fingerprint density at radius 2 is 2.14 bits per heavy atom. The molecule has 2 aromatic rings. The topological polar surface area (TPSA) is 42.4 Å². The van der Waals surface area contributed by atoms with Crippen LogP contribution in [0.1, 0.15) is 5.56 Å². The average Bonchev–Trinajstić information content (AvgIpc) is 2.27. The fourth-order valence-corrected chi connectivity index (χ4v) is 1.46. The van der Waals surface area contributed by atoms with Crippen molar-refractivity contribution in [3.63, 3.8) is 0 Å². The first kappa shape index (κ1) is 8.97. The minimum Gasteiger partial charge on any atom is -0.481 e. The van der Waals surface area contributed by atoms with E-state index in [-0.39, 0.29) is 6.61 Å². The standard InChI is InChI=1S/C11H11NO2/c1-14-11-6-8(7-13)9-4-2-3-5-10(9)12-11/h2-6,13H,7H2,1H3. The van der Waals surface area contributed by atoms with E-state index < -0.39 is 0 Å². The third kappa shape index (κ3) is 1.42. The summed E-state index contributed by atoms with van der Waals surface area (Å²) in [6, 6.07) is 9.43. The van der Waals surface area contributed by atoms with E-state index >= 15 is 0 Å². The molecule has 0 amide bonds. The van der Waals surface area contributed by atoms with E-state index in [4.69, 9.17) is 4.74 Å². The maximum atomic E-state index is 9.17. The Bertz CT molecular complexity index is 454. The van der Waals surface area contributed by atoms with E-state index in [1.807, 2.05) is 24.3 Å². The van der Waals surface area contributed by atoms with Crippen LogP contribution in [-0.2, 0) is 6.61 Å². The molecule has 14 heavy (non-hydrogen) atoms. The molecule has 0 aliphatic carbocycles. The van der Waals surface area contributed by atoms with E-state index in [1.54, 1.807) is 13.2 Å². The number of fused-ring (bicyclic) bond motifs is 1. The van der Waals surface area contributed by atoms with Crippen LogP contribution in [0.5, 0.6) is 5.88 Å². The second-order valence-corrected chi connectivity index (χ2v) is 3.00. The number of hydrogen-bond donors (Lipinski definition) is 1. The van der Waals surface area contributed by atoms with Crippen molar-refractivity contribution < 1.29 is 9.84 Å². The summed E-state index contributed by atoms with van der Waals surface area (Å²) in [4.78, 5) is 4.27. The summed E-state index contributed by atoms with van der Waals surface area (Å²) in [5.74, 6) is 0.535. The molecule has 1 aromatic carbocycles. The molecule has 0 radical (unpaired) electrons. The Labute approximate surface area is 82.0 Å². The van der Waals surface area contributed by atoms with Gasteiger partial charge in [0.15, 0.2) is 0 Å². The van der Waals surface area contributed by atoms with Gasteiger partial charge in [-0.05, 0) is 11.6 Å². The fraction of sp³-hybridized carbons (Fsp3) is 0.182. The quantitative estimate of drug-likeness (QED) is 0.782. The van der Waals surface area contributed by atoms with Gasteiger partial charge in [-0.15, -0.1) is 0 Å². The molecular formula is C11H11NO2. The third-order valence-electron chi connectivity index (χ3n) is 2.16. The number of rotatable bonds is 2. The maximum Gasteiger partial charge on any atom is 0.213 e. The predicted molar refractivity (Wildman–Crippen MR) is 54.2 cm³/mol. The maximum absolute atomic E-state index is 9.17. The number of pyridine rings is 1. The summed E-state index contributed by atoms with van der Waals surface area (Å²) in [6.45, 7) is -0.000602. The smallest absolute Gasteiger partial charge is 0.213 e. The van der Waals surface area contributed by atoms with Gasteiger partial charge in [0.25, 0.3) is 0 Å². The number of nitrogens with zero attached hydrogens (tertiary/aromatic N) is 1. The van der Waals surface area contributed by atoms with Crippen LogP contribution < -0.4 is 4.74 Å². The lowest BCUT2D eigenvalue weighted by molar-refractivity contribution is 0.282. The average molecular weight is 189 g/mol. The minimum absolute atomic E-state index is 0.000602. The van der Waals surface area contributed by atoms with Gasteiger partial charge in [0.1, 0.15) is 0 Å². The highest BCUT2D eigenvalue weighted by Gasteiger charge is 2.03. The molecule has 0 unspecified atom stereocenters. The Morgan fingerprint density at radius 1 is 1.36 bits per heavy atom. The van der Waals surface area contributed by atoms with Crippen molar-refractivity contribution in [1.29, 1.82) is 0 Å². The first-order chi connectivity index (χ1) is 6.85. The van der Waals surface area contributed by atoms with Gasteiger partial charge in [-0.2, -0.15) is 0 Å². The van der Waals surface area contributed by atoms with Gasteiger partial charge >= 0.3 is 0 Å². The molecule has 1 heterocycles. The summed E-state index contributed by atoms with van der Waals surface area (Å²) in [5.41, 5.74) is 1.68. The zero-order valence-corrected chi connectivity index (χ0v) is 7.90. The summed E-state index contributed by atoms with van der Waals surface area (Å²) in [5, 5.41) is 10.1. The second kappa shape index (κ2) is 3.64. The van der Waals surface area contributed by atoms with Gasteiger partial charge in [-0.1, -0.05) is 18.2 Å². The number of aliphatic hydroxyl groups excluding tert-OH is 1. The number of hydrogen-bond acceptors (Lipinski definition) is 3. The molecule has 0 fully saturated rings. The van der Waals surface area contributed by atoms with Gasteiger partial charge in [0.2, 0.25) is 5.88 Å². The van der Waals surface area contributed by atoms with Crippen LogP contribution >= 0.6 is 0 Å². The molecule has 2 rings (SSSR count). The van der Waals surface area contributed by atoms with Gasteiger partial charge < -0.3 is 9.84 Å². The summed E-state index contributed by atoms with van der Waals surface area (Å²) >= 11 is 0. The van der Waals surface area contributed by atoms with Crippen molar-refractivity contribution in [3.8, 4) is 5.88 Å². The monoisotopic (exact) mass is 189 g/mol. The fourth-order valence-electron chi connectivity index (χ4n) is 1.46. The van der Waals surface area contributed by atoms with Gasteiger partial charge in [-0.3, -0.25) is 0 Å². The van der Waals surface area contributed by atoms with Crippen LogP contribution in [0.3, 0.4) is 0 Å². The van der Waals surface area contributed by atoms with Crippen molar-refractivity contribution in [2.24, 2.45) is 0 Å². The number of para-hydroxylation sites is 1. The summed E-state index contributed by atoms with van der Waals surface area (Å²) in [7, 11) is 1.57. The van der Waals surface area contributed by atoms with Crippen molar-refractivity contribution in [3.05, 3.63) is 35.9 Å². The Kier molecular flexibility index (Phi) is 2.33. The van der Waals surface area contributed by atoms with Crippen molar-refractivity contribution in [2.45, 2.75) is 6.61 Å². The highest BCUT2D eigenvalue weighted by atomic mass is 16.5. The van der Waals surface area contributed by atoms with Gasteiger partial charge in [0, 0.05) is 11.5 Å². The van der Waals surface area contributed by atoms with Crippen LogP contribution in [0.15, 0.2) is 30.3 Å². The molecule has 0 saturated heterocycles. The Balaban J connectivity index is 2.73. The van der Waals surface area contributed by atoms with E-state index in [0.29, 0.717) is 5.88 Å². The predicted octanol–water partition coefficient (Wildman–Crippen LogP) is 1.74. The minimum atomic E-state index is -0.000602. The zero-order valence-electron chi connectivity index (χ0n) is 7.90.